The molecule has 0 aliphatic rings. The van der Waals surface area contributed by atoms with Crippen molar-refractivity contribution in [1.29, 1.82) is 0 Å². The fourth-order valence-corrected chi connectivity index (χ4v) is 4.82. The van der Waals surface area contributed by atoms with E-state index in [2.05, 4.69) is 73.8 Å². The van der Waals surface area contributed by atoms with Crippen molar-refractivity contribution >= 4 is 17.8 Å². The van der Waals surface area contributed by atoms with E-state index in [4.69, 9.17) is 10.5 Å². The number of carboxylic acids is 1. The van der Waals surface area contributed by atoms with E-state index in [-0.39, 0.29) is 18.0 Å². The number of unbranched alkanes of at least 4 members (excludes halogenated alkanes) is 9. The largest absolute Gasteiger partial charge is 0.480 e. The minimum Gasteiger partial charge on any atom is -0.480 e. The molecule has 4 N–H and O–H groups in total. The fraction of sp³-hybridized carbons (Fsp3) is 0.667. The van der Waals surface area contributed by atoms with E-state index >= 15 is 0 Å². The molecule has 0 aliphatic heterocycles. The Balaban J connectivity index is 4.46. The van der Waals surface area contributed by atoms with Gasteiger partial charge in [-0.1, -0.05) is 101 Å². The summed E-state index contributed by atoms with van der Waals surface area (Å²) in [5.41, 5.74) is 5.46. The van der Waals surface area contributed by atoms with Crippen LogP contribution in [0.25, 0.3) is 0 Å². The third-order valence-electron chi connectivity index (χ3n) is 7.55. The van der Waals surface area contributed by atoms with Gasteiger partial charge in [-0.25, -0.2) is 4.79 Å². The first-order chi connectivity index (χ1) is 22.4. The molecule has 0 radical (unpaired) electrons. The number of nitrogens with two attached hydrogens (primary N) is 1. The van der Waals surface area contributed by atoms with Crippen LogP contribution < -0.4 is 11.1 Å². The Hall–Kier alpha value is -2.93. The lowest BCUT2D eigenvalue weighted by atomic mass is 10.1. The molecule has 0 fully saturated rings. The normalized spacial score (nSPS) is 13.5. The van der Waals surface area contributed by atoms with Crippen LogP contribution in [0.5, 0.6) is 0 Å². The summed E-state index contributed by atoms with van der Waals surface area (Å²) in [6.45, 7) is 4.75. The zero-order valence-electron chi connectivity index (χ0n) is 29.1. The Morgan fingerprint density at radius 2 is 1.26 bits per heavy atom. The van der Waals surface area contributed by atoms with Crippen LogP contribution in [0, 0.1) is 0 Å². The number of nitrogens with one attached hydrogen (secondary N) is 1. The molecule has 0 bridgehead atoms. The fourth-order valence-electron chi connectivity index (χ4n) is 4.82. The highest BCUT2D eigenvalue weighted by Crippen LogP contribution is 2.14. The summed E-state index contributed by atoms with van der Waals surface area (Å²) in [7, 11) is 0. The maximum Gasteiger partial charge on any atom is 0.326 e. The van der Waals surface area contributed by atoms with E-state index in [1.165, 1.54) is 19.3 Å². The molecule has 2 unspecified atom stereocenters. The van der Waals surface area contributed by atoms with Crippen molar-refractivity contribution in [2.24, 2.45) is 5.73 Å². The molecule has 1 amide bonds. The summed E-state index contributed by atoms with van der Waals surface area (Å²) in [6, 6.07) is -0.878. The molecule has 7 nitrogen and oxygen atoms in total. The van der Waals surface area contributed by atoms with Crippen LogP contribution in [0.1, 0.15) is 149 Å². The van der Waals surface area contributed by atoms with Gasteiger partial charge in [0.1, 0.15) is 12.1 Å². The van der Waals surface area contributed by atoms with Crippen LogP contribution in [0.2, 0.25) is 0 Å². The molecular weight excluding hydrogens is 576 g/mol. The second kappa shape index (κ2) is 33.4. The second-order valence-corrected chi connectivity index (χ2v) is 11.9. The van der Waals surface area contributed by atoms with Crippen molar-refractivity contribution in [2.45, 2.75) is 161 Å². The standard InChI is InChI=1S/C39H66N2O5/c1-3-5-7-9-11-13-14-15-16-17-19-21-27-33-38(43)46-35(29-24-20-18-12-10-8-6-4-2)30-25-22-23-26-32-37(42)41-36(39(44)45)31-28-34-40/h5,7,11-13,15-16,18,24,29,35-36H,3-4,6,8-10,14,17,19-23,25-28,30-34,40H2,1-2H3,(H,41,42)(H,44,45)/b7-5-,13-11-,16-15-,18-12-,29-24-. The first-order valence-electron chi connectivity index (χ1n) is 18.1. The summed E-state index contributed by atoms with van der Waals surface area (Å²) < 4.78 is 5.86. The van der Waals surface area contributed by atoms with Crippen molar-refractivity contribution in [3.8, 4) is 0 Å². The molecule has 0 rings (SSSR count). The zero-order chi connectivity index (χ0) is 33.9. The van der Waals surface area contributed by atoms with E-state index < -0.39 is 12.0 Å². The van der Waals surface area contributed by atoms with Gasteiger partial charge in [-0.05, 0) is 103 Å². The lowest BCUT2D eigenvalue weighted by molar-refractivity contribution is -0.147. The highest BCUT2D eigenvalue weighted by Gasteiger charge is 2.18. The van der Waals surface area contributed by atoms with Crippen molar-refractivity contribution in [3.63, 3.8) is 0 Å². The predicted molar refractivity (Wildman–Crippen MR) is 193 cm³/mol. The van der Waals surface area contributed by atoms with Gasteiger partial charge in [0.05, 0.1) is 0 Å². The highest BCUT2D eigenvalue weighted by molar-refractivity contribution is 5.83. The van der Waals surface area contributed by atoms with Gasteiger partial charge in [0.15, 0.2) is 0 Å². The van der Waals surface area contributed by atoms with Gasteiger partial charge in [-0.3, -0.25) is 9.59 Å². The maximum atomic E-state index is 12.6. The molecule has 0 aromatic rings. The van der Waals surface area contributed by atoms with Crippen LogP contribution >= 0.6 is 0 Å². The van der Waals surface area contributed by atoms with Gasteiger partial charge in [-0.2, -0.15) is 0 Å². The minimum absolute atomic E-state index is 0.137. The first-order valence-corrected chi connectivity index (χ1v) is 18.1. The summed E-state index contributed by atoms with van der Waals surface area (Å²) in [5.74, 6) is -1.40. The molecule has 0 spiro atoms. The van der Waals surface area contributed by atoms with Gasteiger partial charge < -0.3 is 20.9 Å². The molecule has 262 valence electrons. The molecular formula is C39H66N2O5. The maximum absolute atomic E-state index is 12.6. The monoisotopic (exact) mass is 642 g/mol. The van der Waals surface area contributed by atoms with Gasteiger partial charge in [-0.15, -0.1) is 0 Å². The van der Waals surface area contributed by atoms with Crippen molar-refractivity contribution in [1.82, 2.24) is 5.32 Å². The number of amides is 1. The topological polar surface area (TPSA) is 119 Å². The number of aliphatic carboxylic acids is 1. The molecule has 0 heterocycles. The van der Waals surface area contributed by atoms with Crippen LogP contribution in [0.15, 0.2) is 60.8 Å². The van der Waals surface area contributed by atoms with E-state index in [0.29, 0.717) is 38.6 Å². The smallest absolute Gasteiger partial charge is 0.326 e. The predicted octanol–water partition coefficient (Wildman–Crippen LogP) is 9.44. The number of ether oxygens (including phenoxy) is 1. The first kappa shape index (κ1) is 43.1. The molecule has 0 aromatic heterocycles. The Labute approximate surface area is 280 Å². The van der Waals surface area contributed by atoms with Crippen LogP contribution in [-0.2, 0) is 19.1 Å². The number of esters is 1. The molecule has 7 heteroatoms. The van der Waals surface area contributed by atoms with Gasteiger partial charge in [0.25, 0.3) is 0 Å². The number of carboxylic acid groups (broad SMARTS) is 1. The molecule has 46 heavy (non-hydrogen) atoms. The Morgan fingerprint density at radius 1 is 0.674 bits per heavy atom. The van der Waals surface area contributed by atoms with Gasteiger partial charge in [0, 0.05) is 12.8 Å². The molecule has 0 aromatic carbocycles. The van der Waals surface area contributed by atoms with Crippen molar-refractivity contribution in [2.75, 3.05) is 6.54 Å². The SMILES string of the molecule is CC/C=C\C/C=C\C/C=C\CCCCCC(=O)OC(/C=C\C/C=C\CCCCC)CCCCCCC(=O)NC(CCCN)C(=O)O. The number of allylic oxidation sites excluding steroid dienone is 9. The third-order valence-corrected chi connectivity index (χ3v) is 7.55. The molecule has 0 saturated heterocycles. The number of rotatable bonds is 31. The average Bonchev–Trinajstić information content (AvgIpc) is 3.04. The average molecular weight is 643 g/mol. The summed E-state index contributed by atoms with van der Waals surface area (Å²) in [4.78, 5) is 36.1. The van der Waals surface area contributed by atoms with E-state index in [1.54, 1.807) is 0 Å². The van der Waals surface area contributed by atoms with Gasteiger partial charge >= 0.3 is 11.9 Å². The van der Waals surface area contributed by atoms with Crippen LogP contribution in [0.4, 0.5) is 0 Å². The minimum atomic E-state index is -1.02. The lowest BCUT2D eigenvalue weighted by Gasteiger charge is -2.15. The van der Waals surface area contributed by atoms with Crippen molar-refractivity contribution in [3.05, 3.63) is 60.8 Å². The Kier molecular flexibility index (Phi) is 31.3. The third kappa shape index (κ3) is 29.8. The number of carbonyl (C=O) groups is 3. The molecule has 2 atom stereocenters. The van der Waals surface area contributed by atoms with E-state index in [0.717, 1.165) is 83.5 Å². The summed E-state index contributed by atoms with van der Waals surface area (Å²) in [5, 5.41) is 11.9. The summed E-state index contributed by atoms with van der Waals surface area (Å²) in [6.07, 6.45) is 39.9. The Bertz CT molecular complexity index is 906. The highest BCUT2D eigenvalue weighted by atomic mass is 16.5. The van der Waals surface area contributed by atoms with E-state index in [1.807, 2.05) is 6.08 Å². The molecule has 0 aliphatic carbocycles. The summed E-state index contributed by atoms with van der Waals surface area (Å²) >= 11 is 0. The quantitative estimate of drug-likeness (QED) is 0.0394. The van der Waals surface area contributed by atoms with Crippen LogP contribution in [-0.4, -0.2) is 41.6 Å². The second-order valence-electron chi connectivity index (χ2n) is 11.9. The number of carbonyl (C=O) groups excluding carboxylic acids is 2. The number of hydrogen-bond acceptors (Lipinski definition) is 5. The molecule has 0 saturated carbocycles. The zero-order valence-corrected chi connectivity index (χ0v) is 29.1. The van der Waals surface area contributed by atoms with Crippen molar-refractivity contribution < 1.29 is 24.2 Å². The Morgan fingerprint density at radius 3 is 1.91 bits per heavy atom. The van der Waals surface area contributed by atoms with E-state index in [9.17, 15) is 19.5 Å². The van der Waals surface area contributed by atoms with Gasteiger partial charge in [0.2, 0.25) is 5.91 Å². The van der Waals surface area contributed by atoms with Crippen LogP contribution in [0.3, 0.4) is 0 Å². The number of hydrogen-bond donors (Lipinski definition) is 3. The lowest BCUT2D eigenvalue weighted by Crippen LogP contribution is -2.40.